The molecule has 1 saturated heterocycles. The molecule has 5 rings (SSSR count). The molecule has 1 aliphatic carbocycles. The highest BCUT2D eigenvalue weighted by Gasteiger charge is 2.39. The van der Waals surface area contributed by atoms with Gasteiger partial charge in [0.1, 0.15) is 0 Å². The molecule has 1 fully saturated rings. The Balaban J connectivity index is 1.34. The average molecular weight is 436 g/mol. The van der Waals surface area contributed by atoms with Crippen molar-refractivity contribution in [3.63, 3.8) is 0 Å². The van der Waals surface area contributed by atoms with Crippen molar-refractivity contribution < 1.29 is 9.59 Å². The summed E-state index contributed by atoms with van der Waals surface area (Å²) in [5.74, 6) is 0.199. The van der Waals surface area contributed by atoms with Crippen molar-refractivity contribution in [3.8, 4) is 0 Å². The van der Waals surface area contributed by atoms with E-state index in [1.54, 1.807) is 30.3 Å². The lowest BCUT2D eigenvalue weighted by atomic mass is 9.94. The van der Waals surface area contributed by atoms with Crippen LogP contribution in [0.25, 0.3) is 0 Å². The molecule has 0 N–H and O–H groups in total. The number of piperazine rings is 1. The first kappa shape index (κ1) is 20.3. The first-order valence-electron chi connectivity index (χ1n) is 11.0. The molecular formula is C25H26ClN3O2. The van der Waals surface area contributed by atoms with Crippen LogP contribution in [-0.2, 0) is 0 Å². The zero-order chi connectivity index (χ0) is 21.4. The molecule has 0 saturated carbocycles. The highest BCUT2D eigenvalue weighted by molar-refractivity contribution is 6.37. The smallest absolute Gasteiger partial charge is 0.268 e. The molecule has 2 amide bonds. The van der Waals surface area contributed by atoms with Gasteiger partial charge in [-0.05, 0) is 55.5 Å². The topological polar surface area (TPSA) is 43.9 Å². The number of imide groups is 1. The molecule has 31 heavy (non-hydrogen) atoms. The van der Waals surface area contributed by atoms with Crippen LogP contribution in [0, 0.1) is 5.92 Å². The van der Waals surface area contributed by atoms with E-state index in [0.717, 1.165) is 44.3 Å². The first-order chi connectivity index (χ1) is 15.1. The number of carbonyl (C=O) groups excluding carboxylic acids is 2. The minimum atomic E-state index is -0.284. The van der Waals surface area contributed by atoms with Crippen LogP contribution in [0.2, 0.25) is 5.02 Å². The van der Waals surface area contributed by atoms with Gasteiger partial charge in [0.05, 0.1) is 22.5 Å². The van der Waals surface area contributed by atoms with E-state index >= 15 is 0 Å². The molecule has 1 unspecified atom stereocenters. The minimum Gasteiger partial charge on any atom is -0.368 e. The Bertz CT molecular complexity index is 1040. The van der Waals surface area contributed by atoms with Gasteiger partial charge in [-0.25, -0.2) is 4.90 Å². The van der Waals surface area contributed by atoms with Crippen LogP contribution >= 0.6 is 11.6 Å². The van der Waals surface area contributed by atoms with Gasteiger partial charge in [-0.2, -0.15) is 0 Å². The first-order valence-corrected chi connectivity index (χ1v) is 11.4. The van der Waals surface area contributed by atoms with E-state index in [4.69, 9.17) is 11.6 Å². The third-order valence-electron chi connectivity index (χ3n) is 6.57. The van der Waals surface area contributed by atoms with Gasteiger partial charge in [-0.3, -0.25) is 14.5 Å². The SMILES string of the molecule is O=C1c2cccc(N3CCN(CC4CC=CCC4)CC3)c2C(=O)N1c1cccc(Cl)c1. The third-order valence-corrected chi connectivity index (χ3v) is 6.80. The fourth-order valence-corrected chi connectivity index (χ4v) is 5.12. The van der Waals surface area contributed by atoms with Crippen LogP contribution < -0.4 is 9.80 Å². The molecule has 2 aromatic carbocycles. The second kappa shape index (κ2) is 8.48. The molecule has 6 heteroatoms. The second-order valence-corrected chi connectivity index (χ2v) is 9.00. The molecular weight excluding hydrogens is 410 g/mol. The Morgan fingerprint density at radius 3 is 2.48 bits per heavy atom. The number of benzene rings is 2. The summed E-state index contributed by atoms with van der Waals surface area (Å²) >= 11 is 6.10. The van der Waals surface area contributed by atoms with E-state index in [1.807, 2.05) is 12.1 Å². The van der Waals surface area contributed by atoms with Gasteiger partial charge in [0.25, 0.3) is 11.8 Å². The maximum Gasteiger partial charge on any atom is 0.268 e. The summed E-state index contributed by atoms with van der Waals surface area (Å²) in [7, 11) is 0. The van der Waals surface area contributed by atoms with E-state index in [9.17, 15) is 9.59 Å². The van der Waals surface area contributed by atoms with Crippen molar-refractivity contribution in [3.05, 3.63) is 70.8 Å². The third kappa shape index (κ3) is 3.88. The predicted octanol–water partition coefficient (Wildman–Crippen LogP) is 4.62. The largest absolute Gasteiger partial charge is 0.368 e. The number of amides is 2. The molecule has 160 valence electrons. The van der Waals surface area contributed by atoms with Crippen molar-refractivity contribution in [2.24, 2.45) is 5.92 Å². The summed E-state index contributed by atoms with van der Waals surface area (Å²) in [6.45, 7) is 4.81. The highest BCUT2D eigenvalue weighted by atomic mass is 35.5. The van der Waals surface area contributed by atoms with E-state index in [2.05, 4.69) is 22.0 Å². The van der Waals surface area contributed by atoms with Crippen molar-refractivity contribution in [2.45, 2.75) is 19.3 Å². The normalized spacial score (nSPS) is 21.6. The van der Waals surface area contributed by atoms with E-state index in [0.29, 0.717) is 21.8 Å². The standard InChI is InChI=1S/C25H26ClN3O2/c26-19-8-4-9-20(16-19)29-24(30)21-10-5-11-22(23(21)25(29)31)28-14-12-27(13-15-28)17-18-6-2-1-3-7-18/h1-2,4-5,8-11,16,18H,3,6-7,12-15,17H2. The van der Waals surface area contributed by atoms with Gasteiger partial charge >= 0.3 is 0 Å². The number of rotatable bonds is 4. The molecule has 0 aromatic heterocycles. The molecule has 2 aliphatic heterocycles. The quantitative estimate of drug-likeness (QED) is 0.519. The van der Waals surface area contributed by atoms with Gasteiger partial charge < -0.3 is 4.90 Å². The molecule has 3 aliphatic rings. The Hall–Kier alpha value is -2.63. The fraction of sp³-hybridized carbons (Fsp3) is 0.360. The molecule has 2 aromatic rings. The molecule has 0 radical (unpaired) electrons. The number of halogens is 1. The molecule has 2 heterocycles. The van der Waals surface area contributed by atoms with E-state index < -0.39 is 0 Å². The lowest BCUT2D eigenvalue weighted by Crippen LogP contribution is -2.48. The van der Waals surface area contributed by atoms with Gasteiger partial charge in [0.2, 0.25) is 0 Å². The molecule has 0 spiro atoms. The van der Waals surface area contributed by atoms with E-state index in [-0.39, 0.29) is 11.8 Å². The Labute approximate surface area is 187 Å². The second-order valence-electron chi connectivity index (χ2n) is 8.56. The Morgan fingerprint density at radius 1 is 0.935 bits per heavy atom. The Kier molecular flexibility index (Phi) is 5.55. The number of carbonyl (C=O) groups is 2. The van der Waals surface area contributed by atoms with Crippen LogP contribution in [0.3, 0.4) is 0 Å². The van der Waals surface area contributed by atoms with Gasteiger partial charge in [0, 0.05) is 37.7 Å². The monoisotopic (exact) mass is 435 g/mol. The zero-order valence-corrected chi connectivity index (χ0v) is 18.2. The summed E-state index contributed by atoms with van der Waals surface area (Å²) in [4.78, 5) is 32.4. The lowest BCUT2D eigenvalue weighted by molar-refractivity contribution is 0.0926. The summed E-state index contributed by atoms with van der Waals surface area (Å²) < 4.78 is 0. The van der Waals surface area contributed by atoms with Crippen LogP contribution in [0.1, 0.15) is 40.0 Å². The minimum absolute atomic E-state index is 0.269. The number of hydrogen-bond acceptors (Lipinski definition) is 4. The number of anilines is 2. The van der Waals surface area contributed by atoms with Gasteiger partial charge in [-0.1, -0.05) is 35.9 Å². The van der Waals surface area contributed by atoms with E-state index in [1.165, 1.54) is 24.2 Å². The van der Waals surface area contributed by atoms with Crippen molar-refractivity contribution in [1.29, 1.82) is 0 Å². The Morgan fingerprint density at radius 2 is 1.74 bits per heavy atom. The summed E-state index contributed by atoms with van der Waals surface area (Å²) in [6.07, 6.45) is 8.25. The average Bonchev–Trinajstić information content (AvgIpc) is 3.05. The zero-order valence-electron chi connectivity index (χ0n) is 17.5. The van der Waals surface area contributed by atoms with Crippen molar-refractivity contribution in [2.75, 3.05) is 42.5 Å². The van der Waals surface area contributed by atoms with Crippen LogP contribution in [0.4, 0.5) is 11.4 Å². The van der Waals surface area contributed by atoms with Crippen LogP contribution in [-0.4, -0.2) is 49.4 Å². The number of fused-ring (bicyclic) bond motifs is 1. The maximum absolute atomic E-state index is 13.3. The highest BCUT2D eigenvalue weighted by Crippen LogP contribution is 2.35. The number of nitrogens with zero attached hydrogens (tertiary/aromatic N) is 3. The fourth-order valence-electron chi connectivity index (χ4n) is 4.94. The molecule has 0 bridgehead atoms. The molecule has 1 atom stereocenters. The summed E-state index contributed by atoms with van der Waals surface area (Å²) in [5, 5.41) is 0.499. The maximum atomic E-state index is 13.3. The predicted molar refractivity (Wildman–Crippen MR) is 124 cm³/mol. The summed E-state index contributed by atoms with van der Waals surface area (Å²) in [5.41, 5.74) is 2.36. The van der Waals surface area contributed by atoms with Crippen molar-refractivity contribution >= 4 is 34.8 Å². The number of hydrogen-bond donors (Lipinski definition) is 0. The van der Waals surface area contributed by atoms with Crippen molar-refractivity contribution in [1.82, 2.24) is 4.90 Å². The molecule has 5 nitrogen and oxygen atoms in total. The van der Waals surface area contributed by atoms with Crippen LogP contribution in [0.5, 0.6) is 0 Å². The number of allylic oxidation sites excluding steroid dienone is 2. The summed E-state index contributed by atoms with van der Waals surface area (Å²) in [6, 6.07) is 12.5. The van der Waals surface area contributed by atoms with Crippen LogP contribution in [0.15, 0.2) is 54.6 Å². The lowest BCUT2D eigenvalue weighted by Gasteiger charge is -2.38. The van der Waals surface area contributed by atoms with Gasteiger partial charge in [-0.15, -0.1) is 0 Å². The van der Waals surface area contributed by atoms with Gasteiger partial charge in [0.15, 0.2) is 0 Å².